The lowest BCUT2D eigenvalue weighted by Gasteiger charge is -2.09. The van der Waals surface area contributed by atoms with Crippen LogP contribution in [0.25, 0.3) is 0 Å². The first-order valence-corrected chi connectivity index (χ1v) is 6.48. The van der Waals surface area contributed by atoms with Crippen LogP contribution in [-0.2, 0) is 6.42 Å². The van der Waals surface area contributed by atoms with Gasteiger partial charge in [0.15, 0.2) is 0 Å². The Hall–Kier alpha value is -1.61. The summed E-state index contributed by atoms with van der Waals surface area (Å²) in [6, 6.07) is 8.48. The SMILES string of the molecule is Cc1ccccc1CCCCC(O)c1cnc[nH]1. The Morgan fingerprint density at radius 3 is 2.83 bits per heavy atom. The lowest BCUT2D eigenvalue weighted by molar-refractivity contribution is 0.159. The molecule has 2 rings (SSSR count). The minimum Gasteiger partial charge on any atom is -0.387 e. The van der Waals surface area contributed by atoms with Gasteiger partial charge in [0.2, 0.25) is 0 Å². The van der Waals surface area contributed by atoms with Crippen LogP contribution in [0.15, 0.2) is 36.8 Å². The van der Waals surface area contributed by atoms with Crippen LogP contribution in [0.3, 0.4) is 0 Å². The van der Waals surface area contributed by atoms with Crippen molar-refractivity contribution in [1.82, 2.24) is 9.97 Å². The van der Waals surface area contributed by atoms with E-state index in [1.807, 2.05) is 0 Å². The van der Waals surface area contributed by atoms with E-state index < -0.39 is 6.10 Å². The van der Waals surface area contributed by atoms with Gasteiger partial charge in [0, 0.05) is 0 Å². The van der Waals surface area contributed by atoms with Crippen LogP contribution in [0.2, 0.25) is 0 Å². The number of aromatic amines is 1. The predicted molar refractivity (Wildman–Crippen MR) is 72.3 cm³/mol. The van der Waals surface area contributed by atoms with Crippen LogP contribution in [-0.4, -0.2) is 15.1 Å². The Balaban J connectivity index is 1.72. The summed E-state index contributed by atoms with van der Waals surface area (Å²) in [5, 5.41) is 9.89. The topological polar surface area (TPSA) is 48.9 Å². The number of nitrogens with zero attached hydrogens (tertiary/aromatic N) is 1. The lowest BCUT2D eigenvalue weighted by Crippen LogP contribution is -1.98. The number of nitrogens with one attached hydrogen (secondary N) is 1. The van der Waals surface area contributed by atoms with Crippen LogP contribution in [0.5, 0.6) is 0 Å². The van der Waals surface area contributed by atoms with Crippen molar-refractivity contribution in [2.45, 2.75) is 38.7 Å². The molecule has 18 heavy (non-hydrogen) atoms. The largest absolute Gasteiger partial charge is 0.387 e. The molecule has 0 aliphatic carbocycles. The van der Waals surface area contributed by atoms with Crippen LogP contribution < -0.4 is 0 Å². The molecule has 3 nitrogen and oxygen atoms in total. The van der Waals surface area contributed by atoms with Gasteiger partial charge in [-0.25, -0.2) is 4.98 Å². The zero-order chi connectivity index (χ0) is 12.8. The highest BCUT2D eigenvalue weighted by atomic mass is 16.3. The van der Waals surface area contributed by atoms with E-state index in [9.17, 15) is 5.11 Å². The van der Waals surface area contributed by atoms with E-state index >= 15 is 0 Å². The Morgan fingerprint density at radius 2 is 2.11 bits per heavy atom. The maximum absolute atomic E-state index is 9.89. The number of rotatable bonds is 6. The average molecular weight is 244 g/mol. The molecule has 2 aromatic rings. The molecular formula is C15H20N2O. The Kier molecular flexibility index (Phi) is 4.53. The quantitative estimate of drug-likeness (QED) is 0.767. The van der Waals surface area contributed by atoms with Crippen molar-refractivity contribution in [1.29, 1.82) is 0 Å². The van der Waals surface area contributed by atoms with Crippen LogP contribution in [0, 0.1) is 6.92 Å². The van der Waals surface area contributed by atoms with Gasteiger partial charge in [-0.1, -0.05) is 30.7 Å². The molecule has 0 bridgehead atoms. The number of aryl methyl sites for hydroxylation is 2. The number of imidazole rings is 1. The molecular weight excluding hydrogens is 224 g/mol. The number of hydrogen-bond donors (Lipinski definition) is 2. The fourth-order valence-electron chi connectivity index (χ4n) is 2.15. The standard InChI is InChI=1S/C15H20N2O/c1-12-6-2-3-7-13(12)8-4-5-9-15(18)14-10-16-11-17-14/h2-3,6-7,10-11,15,18H,4-5,8-9H2,1H3,(H,16,17). The fraction of sp³-hybridized carbons (Fsp3) is 0.400. The molecule has 0 aliphatic rings. The number of aliphatic hydroxyl groups is 1. The van der Waals surface area contributed by atoms with Crippen LogP contribution in [0.4, 0.5) is 0 Å². The van der Waals surface area contributed by atoms with Crippen molar-refractivity contribution in [3.8, 4) is 0 Å². The van der Waals surface area contributed by atoms with Gasteiger partial charge in [0.1, 0.15) is 0 Å². The number of benzene rings is 1. The van der Waals surface area contributed by atoms with Gasteiger partial charge in [0.25, 0.3) is 0 Å². The summed E-state index contributed by atoms with van der Waals surface area (Å²) in [7, 11) is 0. The third-order valence-electron chi connectivity index (χ3n) is 3.31. The van der Waals surface area contributed by atoms with E-state index in [4.69, 9.17) is 0 Å². The molecule has 0 saturated heterocycles. The first-order chi connectivity index (χ1) is 8.77. The second kappa shape index (κ2) is 6.36. The highest BCUT2D eigenvalue weighted by molar-refractivity contribution is 5.25. The Bertz CT molecular complexity index is 465. The van der Waals surface area contributed by atoms with Gasteiger partial charge >= 0.3 is 0 Å². The van der Waals surface area contributed by atoms with E-state index in [0.29, 0.717) is 0 Å². The van der Waals surface area contributed by atoms with E-state index in [1.54, 1.807) is 12.5 Å². The fourth-order valence-corrected chi connectivity index (χ4v) is 2.15. The number of hydrogen-bond acceptors (Lipinski definition) is 2. The highest BCUT2D eigenvalue weighted by Gasteiger charge is 2.08. The maximum Gasteiger partial charge on any atom is 0.0953 e. The summed E-state index contributed by atoms with van der Waals surface area (Å²) in [6.45, 7) is 2.15. The summed E-state index contributed by atoms with van der Waals surface area (Å²) in [6.07, 6.45) is 6.88. The van der Waals surface area contributed by atoms with Crippen molar-refractivity contribution < 1.29 is 5.11 Å². The summed E-state index contributed by atoms with van der Waals surface area (Å²) in [4.78, 5) is 6.86. The minimum atomic E-state index is -0.413. The summed E-state index contributed by atoms with van der Waals surface area (Å²) in [5.41, 5.74) is 3.58. The summed E-state index contributed by atoms with van der Waals surface area (Å²) < 4.78 is 0. The summed E-state index contributed by atoms with van der Waals surface area (Å²) in [5.74, 6) is 0. The molecule has 1 atom stereocenters. The van der Waals surface area contributed by atoms with E-state index in [1.165, 1.54) is 11.1 Å². The molecule has 3 heteroatoms. The molecule has 0 fully saturated rings. The smallest absolute Gasteiger partial charge is 0.0953 e. The number of aliphatic hydroxyl groups excluding tert-OH is 1. The average Bonchev–Trinajstić information content (AvgIpc) is 2.90. The molecule has 0 aliphatic heterocycles. The third kappa shape index (κ3) is 3.44. The van der Waals surface area contributed by atoms with Crippen molar-refractivity contribution in [2.24, 2.45) is 0 Å². The zero-order valence-corrected chi connectivity index (χ0v) is 10.8. The van der Waals surface area contributed by atoms with E-state index in [0.717, 1.165) is 31.4 Å². The maximum atomic E-state index is 9.89. The minimum absolute atomic E-state index is 0.413. The number of unbranched alkanes of at least 4 members (excludes halogenated alkanes) is 1. The van der Waals surface area contributed by atoms with Gasteiger partial charge in [-0.15, -0.1) is 0 Å². The van der Waals surface area contributed by atoms with E-state index in [2.05, 4.69) is 41.2 Å². The second-order valence-electron chi connectivity index (χ2n) is 4.70. The third-order valence-corrected chi connectivity index (χ3v) is 3.31. The van der Waals surface area contributed by atoms with Gasteiger partial charge in [0.05, 0.1) is 24.3 Å². The molecule has 0 radical (unpaired) electrons. The molecule has 1 aromatic carbocycles. The summed E-state index contributed by atoms with van der Waals surface area (Å²) >= 11 is 0. The van der Waals surface area contributed by atoms with Crippen LogP contribution in [0.1, 0.15) is 42.2 Å². The molecule has 0 amide bonds. The normalized spacial score (nSPS) is 12.6. The second-order valence-corrected chi connectivity index (χ2v) is 4.70. The van der Waals surface area contributed by atoms with Crippen LogP contribution >= 0.6 is 0 Å². The van der Waals surface area contributed by atoms with Gasteiger partial charge in [-0.05, 0) is 37.3 Å². The Labute approximate surface area is 108 Å². The van der Waals surface area contributed by atoms with Gasteiger partial charge in [-0.3, -0.25) is 0 Å². The molecule has 0 spiro atoms. The zero-order valence-electron chi connectivity index (χ0n) is 10.8. The molecule has 1 heterocycles. The molecule has 96 valence electrons. The molecule has 0 saturated carbocycles. The molecule has 2 N–H and O–H groups in total. The van der Waals surface area contributed by atoms with Gasteiger partial charge in [-0.2, -0.15) is 0 Å². The number of aromatic nitrogens is 2. The first kappa shape index (κ1) is 12.8. The first-order valence-electron chi connectivity index (χ1n) is 6.48. The highest BCUT2D eigenvalue weighted by Crippen LogP contribution is 2.18. The molecule has 1 aromatic heterocycles. The van der Waals surface area contributed by atoms with Crippen molar-refractivity contribution in [2.75, 3.05) is 0 Å². The van der Waals surface area contributed by atoms with Crippen molar-refractivity contribution in [3.63, 3.8) is 0 Å². The Morgan fingerprint density at radius 1 is 1.28 bits per heavy atom. The van der Waals surface area contributed by atoms with Gasteiger partial charge < -0.3 is 10.1 Å². The van der Waals surface area contributed by atoms with Crippen molar-refractivity contribution in [3.05, 3.63) is 53.6 Å². The monoisotopic (exact) mass is 244 g/mol. The number of H-pyrrole nitrogens is 1. The van der Waals surface area contributed by atoms with Crippen molar-refractivity contribution >= 4 is 0 Å². The predicted octanol–water partition coefficient (Wildman–Crippen LogP) is 3.16. The lowest BCUT2D eigenvalue weighted by atomic mass is 10.0. The molecule has 1 unspecified atom stereocenters. The van der Waals surface area contributed by atoms with E-state index in [-0.39, 0.29) is 0 Å².